The summed E-state index contributed by atoms with van der Waals surface area (Å²) < 4.78 is 0. The van der Waals surface area contributed by atoms with E-state index in [0.29, 0.717) is 5.76 Å². The Hall–Kier alpha value is -0.720. The van der Waals surface area contributed by atoms with E-state index in [9.17, 15) is 5.11 Å². The second-order valence-corrected chi connectivity index (χ2v) is 4.08. The largest absolute Gasteiger partial charge is 0.511 e. The molecule has 0 fully saturated rings. The molecule has 0 aromatic carbocycles. The molecule has 0 heterocycles. The molecule has 1 aliphatic carbocycles. The zero-order chi connectivity index (χ0) is 8.65. The van der Waals surface area contributed by atoms with Gasteiger partial charge in [-0.05, 0) is 25.8 Å². The van der Waals surface area contributed by atoms with Gasteiger partial charge in [0.05, 0.1) is 0 Å². The van der Waals surface area contributed by atoms with Crippen molar-refractivity contribution in [3.63, 3.8) is 0 Å². The molecule has 1 aliphatic rings. The van der Waals surface area contributed by atoms with Crippen LogP contribution in [0.5, 0.6) is 0 Å². The Morgan fingerprint density at radius 3 is 2.36 bits per heavy atom. The van der Waals surface area contributed by atoms with Crippen LogP contribution in [0.15, 0.2) is 23.0 Å². The number of rotatable bonds is 0. The summed E-state index contributed by atoms with van der Waals surface area (Å²) in [4.78, 5) is 0. The van der Waals surface area contributed by atoms with E-state index in [1.54, 1.807) is 0 Å². The second kappa shape index (κ2) is 2.40. The monoisotopic (exact) mass is 152 g/mol. The molecule has 0 unspecified atom stereocenters. The van der Waals surface area contributed by atoms with E-state index in [-0.39, 0.29) is 5.41 Å². The van der Waals surface area contributed by atoms with Crippen LogP contribution in [0.25, 0.3) is 0 Å². The lowest BCUT2D eigenvalue weighted by molar-refractivity contribution is 0.247. The highest BCUT2D eigenvalue weighted by Crippen LogP contribution is 2.37. The quantitative estimate of drug-likeness (QED) is 0.565. The zero-order valence-electron chi connectivity index (χ0n) is 7.73. The molecule has 0 saturated carbocycles. The van der Waals surface area contributed by atoms with Gasteiger partial charge >= 0.3 is 0 Å². The molecule has 0 aromatic heterocycles. The molecule has 0 radical (unpaired) electrons. The van der Waals surface area contributed by atoms with E-state index in [0.717, 1.165) is 12.0 Å². The van der Waals surface area contributed by atoms with Crippen LogP contribution in [-0.4, -0.2) is 5.11 Å². The standard InChI is InChI=1S/C10H16O/c1-7-5-8(2)9(11)10(3,4)6-7/h5,11H,6H2,1-4H3. The molecule has 11 heavy (non-hydrogen) atoms. The van der Waals surface area contributed by atoms with Crippen LogP contribution >= 0.6 is 0 Å². The van der Waals surface area contributed by atoms with Crippen LogP contribution < -0.4 is 0 Å². The highest BCUT2D eigenvalue weighted by atomic mass is 16.3. The van der Waals surface area contributed by atoms with Crippen LogP contribution in [0.3, 0.4) is 0 Å². The summed E-state index contributed by atoms with van der Waals surface area (Å²) in [7, 11) is 0. The summed E-state index contributed by atoms with van der Waals surface area (Å²) in [6.07, 6.45) is 3.02. The third-order valence-electron chi connectivity index (χ3n) is 2.20. The first-order valence-electron chi connectivity index (χ1n) is 4.01. The Kier molecular flexibility index (Phi) is 1.83. The smallest absolute Gasteiger partial charge is 0.101 e. The Morgan fingerprint density at radius 2 is 1.91 bits per heavy atom. The Balaban J connectivity index is 3.07. The van der Waals surface area contributed by atoms with Gasteiger partial charge in [-0.2, -0.15) is 0 Å². The Morgan fingerprint density at radius 1 is 1.36 bits per heavy atom. The molecule has 0 bridgehead atoms. The van der Waals surface area contributed by atoms with E-state index in [4.69, 9.17) is 0 Å². The van der Waals surface area contributed by atoms with Gasteiger partial charge < -0.3 is 5.11 Å². The van der Waals surface area contributed by atoms with E-state index in [1.165, 1.54) is 5.57 Å². The molecule has 0 aromatic rings. The van der Waals surface area contributed by atoms with Crippen LogP contribution in [-0.2, 0) is 0 Å². The Bertz CT molecular complexity index is 231. The number of aliphatic hydroxyl groups is 1. The molecule has 1 N–H and O–H groups in total. The van der Waals surface area contributed by atoms with Gasteiger partial charge in [-0.1, -0.05) is 25.5 Å². The van der Waals surface area contributed by atoms with Crippen molar-refractivity contribution in [2.75, 3.05) is 0 Å². The van der Waals surface area contributed by atoms with Crippen LogP contribution in [0, 0.1) is 5.41 Å². The van der Waals surface area contributed by atoms with Crippen molar-refractivity contribution in [1.29, 1.82) is 0 Å². The van der Waals surface area contributed by atoms with Crippen molar-refractivity contribution in [1.82, 2.24) is 0 Å². The predicted octanol–water partition coefficient (Wildman–Crippen LogP) is 3.19. The van der Waals surface area contributed by atoms with E-state index in [2.05, 4.69) is 26.8 Å². The fraction of sp³-hybridized carbons (Fsp3) is 0.600. The normalized spacial score (nSPS) is 23.5. The van der Waals surface area contributed by atoms with Gasteiger partial charge in [-0.25, -0.2) is 0 Å². The van der Waals surface area contributed by atoms with Crippen LogP contribution in [0.1, 0.15) is 34.1 Å². The van der Waals surface area contributed by atoms with Gasteiger partial charge in [0.25, 0.3) is 0 Å². The second-order valence-electron chi connectivity index (χ2n) is 4.08. The van der Waals surface area contributed by atoms with Gasteiger partial charge in [0.15, 0.2) is 0 Å². The lowest BCUT2D eigenvalue weighted by Gasteiger charge is -2.29. The molecule has 1 nitrogen and oxygen atoms in total. The maximum atomic E-state index is 9.66. The van der Waals surface area contributed by atoms with Crippen LogP contribution in [0.2, 0.25) is 0 Å². The maximum Gasteiger partial charge on any atom is 0.101 e. The summed E-state index contributed by atoms with van der Waals surface area (Å²) in [6, 6.07) is 0. The minimum atomic E-state index is -0.0527. The zero-order valence-corrected chi connectivity index (χ0v) is 7.73. The Labute approximate surface area is 68.4 Å². The predicted molar refractivity (Wildman–Crippen MR) is 47.5 cm³/mol. The van der Waals surface area contributed by atoms with Gasteiger partial charge in [0.1, 0.15) is 5.76 Å². The summed E-state index contributed by atoms with van der Waals surface area (Å²) in [5, 5.41) is 9.66. The molecule has 1 heteroatoms. The average Bonchev–Trinajstić information content (AvgIpc) is 1.81. The third kappa shape index (κ3) is 1.47. The molecule has 0 atom stereocenters. The van der Waals surface area contributed by atoms with Crippen LogP contribution in [0.4, 0.5) is 0 Å². The number of hydrogen-bond acceptors (Lipinski definition) is 1. The molecule has 0 saturated heterocycles. The topological polar surface area (TPSA) is 20.2 Å². The maximum absolute atomic E-state index is 9.66. The fourth-order valence-electron chi connectivity index (χ4n) is 1.80. The molecule has 0 amide bonds. The lowest BCUT2D eigenvalue weighted by Crippen LogP contribution is -2.19. The minimum absolute atomic E-state index is 0.0527. The molecular weight excluding hydrogens is 136 g/mol. The lowest BCUT2D eigenvalue weighted by atomic mass is 9.78. The van der Waals surface area contributed by atoms with Gasteiger partial charge in [-0.15, -0.1) is 0 Å². The van der Waals surface area contributed by atoms with Crippen molar-refractivity contribution < 1.29 is 5.11 Å². The number of allylic oxidation sites excluding steroid dienone is 4. The molecule has 62 valence electrons. The first-order valence-corrected chi connectivity index (χ1v) is 4.01. The highest BCUT2D eigenvalue weighted by Gasteiger charge is 2.27. The van der Waals surface area contributed by atoms with E-state index in [1.807, 2.05) is 6.92 Å². The van der Waals surface area contributed by atoms with Crippen molar-refractivity contribution in [2.45, 2.75) is 34.1 Å². The SMILES string of the molecule is CC1=CC(C)=C(O)C(C)(C)C1. The summed E-state index contributed by atoms with van der Waals surface area (Å²) >= 11 is 0. The molecule has 1 rings (SSSR count). The van der Waals surface area contributed by atoms with Crippen molar-refractivity contribution in [3.8, 4) is 0 Å². The third-order valence-corrected chi connectivity index (χ3v) is 2.20. The van der Waals surface area contributed by atoms with Gasteiger partial charge in [0, 0.05) is 5.41 Å². The van der Waals surface area contributed by atoms with Crippen molar-refractivity contribution in [3.05, 3.63) is 23.0 Å². The van der Waals surface area contributed by atoms with Crippen molar-refractivity contribution in [2.24, 2.45) is 5.41 Å². The highest BCUT2D eigenvalue weighted by molar-refractivity contribution is 5.32. The van der Waals surface area contributed by atoms with Gasteiger partial charge in [0.2, 0.25) is 0 Å². The van der Waals surface area contributed by atoms with Gasteiger partial charge in [-0.3, -0.25) is 0 Å². The summed E-state index contributed by atoms with van der Waals surface area (Å²) in [6.45, 7) is 8.21. The average molecular weight is 152 g/mol. The minimum Gasteiger partial charge on any atom is -0.511 e. The molecular formula is C10H16O. The molecule has 0 spiro atoms. The number of aliphatic hydroxyl groups excluding tert-OH is 1. The summed E-state index contributed by atoms with van der Waals surface area (Å²) in [5.74, 6) is 0.545. The fourth-order valence-corrected chi connectivity index (χ4v) is 1.80. The van der Waals surface area contributed by atoms with E-state index < -0.39 is 0 Å². The first kappa shape index (κ1) is 8.38. The molecule has 0 aliphatic heterocycles. The first-order chi connectivity index (χ1) is 4.93. The number of hydrogen-bond donors (Lipinski definition) is 1. The van der Waals surface area contributed by atoms with Crippen molar-refractivity contribution >= 4 is 0 Å². The van der Waals surface area contributed by atoms with E-state index >= 15 is 0 Å². The summed E-state index contributed by atoms with van der Waals surface area (Å²) in [5.41, 5.74) is 2.31.